The van der Waals surface area contributed by atoms with E-state index in [-0.39, 0.29) is 19.0 Å². The van der Waals surface area contributed by atoms with Gasteiger partial charge >= 0.3 is 5.97 Å². The van der Waals surface area contributed by atoms with Crippen molar-refractivity contribution in [3.63, 3.8) is 0 Å². The highest BCUT2D eigenvalue weighted by molar-refractivity contribution is 5.98. The second-order valence-electron chi connectivity index (χ2n) is 6.36. The number of rotatable bonds is 2. The van der Waals surface area contributed by atoms with Crippen molar-refractivity contribution in [1.82, 2.24) is 19.7 Å². The molecular formula is C17H18N4O3. The number of carboxylic acid groups (broad SMARTS) is 1. The molecule has 2 heterocycles. The maximum absolute atomic E-state index is 13.1. The lowest BCUT2D eigenvalue weighted by Gasteiger charge is -2.34. The van der Waals surface area contributed by atoms with Crippen molar-refractivity contribution in [2.45, 2.75) is 45.3 Å². The maximum Gasteiger partial charge on any atom is 0.328 e. The summed E-state index contributed by atoms with van der Waals surface area (Å²) in [5.74, 6) is 0.0672. The summed E-state index contributed by atoms with van der Waals surface area (Å²) < 4.78 is 1.78. The Morgan fingerprint density at radius 2 is 2.08 bits per heavy atom. The Morgan fingerprint density at radius 1 is 1.25 bits per heavy atom. The standard InChI is InChI=1S/C17H18N4O3/c1-10-18-19-15-9-21(14(17(23)24)8-20(10)15)16(22)13-7-3-5-11-4-2-6-12(11)13/h3,5,7,14H,2,4,6,8-9H2,1H3,(H,23,24). The molecule has 1 aromatic carbocycles. The van der Waals surface area contributed by atoms with Gasteiger partial charge in [-0.05, 0) is 43.4 Å². The molecule has 24 heavy (non-hydrogen) atoms. The van der Waals surface area contributed by atoms with Crippen molar-refractivity contribution in [3.8, 4) is 0 Å². The van der Waals surface area contributed by atoms with Crippen molar-refractivity contribution in [3.05, 3.63) is 46.5 Å². The smallest absolute Gasteiger partial charge is 0.328 e. The van der Waals surface area contributed by atoms with Gasteiger partial charge in [-0.25, -0.2) is 4.79 Å². The molecule has 2 aromatic rings. The lowest BCUT2D eigenvalue weighted by Crippen LogP contribution is -2.51. The van der Waals surface area contributed by atoms with Gasteiger partial charge in [0, 0.05) is 5.56 Å². The number of amides is 1. The lowest BCUT2D eigenvalue weighted by atomic mass is 10.0. The molecule has 2 aliphatic rings. The van der Waals surface area contributed by atoms with Crippen LogP contribution in [-0.4, -0.2) is 42.7 Å². The zero-order valence-corrected chi connectivity index (χ0v) is 13.4. The molecule has 1 aliphatic heterocycles. The van der Waals surface area contributed by atoms with Gasteiger partial charge in [-0.3, -0.25) is 4.79 Å². The molecule has 1 unspecified atom stereocenters. The van der Waals surface area contributed by atoms with Gasteiger partial charge in [-0.1, -0.05) is 12.1 Å². The number of nitrogens with zero attached hydrogens (tertiary/aromatic N) is 4. The number of aromatic nitrogens is 3. The second-order valence-corrected chi connectivity index (χ2v) is 6.36. The third-order valence-corrected chi connectivity index (χ3v) is 4.98. The number of hydrogen-bond acceptors (Lipinski definition) is 4. The highest BCUT2D eigenvalue weighted by Gasteiger charge is 2.37. The van der Waals surface area contributed by atoms with Crippen LogP contribution in [0.4, 0.5) is 0 Å². The minimum Gasteiger partial charge on any atom is -0.480 e. The van der Waals surface area contributed by atoms with E-state index in [0.29, 0.717) is 17.2 Å². The van der Waals surface area contributed by atoms with Crippen LogP contribution in [0.2, 0.25) is 0 Å². The molecule has 1 atom stereocenters. The van der Waals surface area contributed by atoms with Gasteiger partial charge in [0.1, 0.15) is 11.9 Å². The van der Waals surface area contributed by atoms with Crippen LogP contribution in [-0.2, 0) is 30.7 Å². The summed E-state index contributed by atoms with van der Waals surface area (Å²) >= 11 is 0. The first kappa shape index (κ1) is 14.9. The number of aryl methyl sites for hydroxylation is 2. The monoisotopic (exact) mass is 326 g/mol. The van der Waals surface area contributed by atoms with Crippen LogP contribution in [0.3, 0.4) is 0 Å². The molecule has 0 bridgehead atoms. The van der Waals surface area contributed by atoms with E-state index >= 15 is 0 Å². The van der Waals surface area contributed by atoms with Crippen LogP contribution in [0.1, 0.15) is 39.6 Å². The van der Waals surface area contributed by atoms with Crippen LogP contribution in [0.5, 0.6) is 0 Å². The summed E-state index contributed by atoms with van der Waals surface area (Å²) in [4.78, 5) is 26.2. The molecular weight excluding hydrogens is 308 g/mol. The molecule has 124 valence electrons. The Hall–Kier alpha value is -2.70. The average molecular weight is 326 g/mol. The quantitative estimate of drug-likeness (QED) is 0.895. The van der Waals surface area contributed by atoms with Crippen molar-refractivity contribution < 1.29 is 14.7 Å². The van der Waals surface area contributed by atoms with Crippen molar-refractivity contribution >= 4 is 11.9 Å². The molecule has 1 aromatic heterocycles. The highest BCUT2D eigenvalue weighted by atomic mass is 16.4. The van der Waals surface area contributed by atoms with Gasteiger partial charge in [0.15, 0.2) is 5.82 Å². The SMILES string of the molecule is Cc1nnc2n1CC(C(=O)O)N(C(=O)c1cccc3c1CCC3)C2. The minimum atomic E-state index is -1.00. The molecule has 1 aliphatic carbocycles. The third-order valence-electron chi connectivity index (χ3n) is 4.98. The Kier molecular flexibility index (Phi) is 3.37. The Labute approximate surface area is 138 Å². The van der Waals surface area contributed by atoms with E-state index in [9.17, 15) is 14.7 Å². The second kappa shape index (κ2) is 5.43. The molecule has 1 N–H and O–H groups in total. The molecule has 7 heteroatoms. The van der Waals surface area contributed by atoms with Crippen LogP contribution in [0, 0.1) is 6.92 Å². The molecule has 0 radical (unpaired) electrons. The molecule has 0 saturated carbocycles. The molecule has 0 fully saturated rings. The summed E-state index contributed by atoms with van der Waals surface area (Å²) in [7, 11) is 0. The van der Waals surface area contributed by atoms with Crippen LogP contribution in [0.25, 0.3) is 0 Å². The normalized spacial score (nSPS) is 19.0. The number of hydrogen-bond donors (Lipinski definition) is 1. The summed E-state index contributed by atoms with van der Waals surface area (Å²) in [6.07, 6.45) is 2.89. The number of carbonyl (C=O) groups excluding carboxylic acids is 1. The van der Waals surface area contributed by atoms with E-state index in [1.165, 1.54) is 10.5 Å². The number of fused-ring (bicyclic) bond motifs is 2. The lowest BCUT2D eigenvalue weighted by molar-refractivity contribution is -0.143. The van der Waals surface area contributed by atoms with Crippen LogP contribution >= 0.6 is 0 Å². The number of benzene rings is 1. The van der Waals surface area contributed by atoms with E-state index in [0.717, 1.165) is 24.8 Å². The van der Waals surface area contributed by atoms with E-state index in [4.69, 9.17) is 0 Å². The van der Waals surface area contributed by atoms with E-state index in [2.05, 4.69) is 10.2 Å². The summed E-state index contributed by atoms with van der Waals surface area (Å²) in [6.45, 7) is 2.14. The fraction of sp³-hybridized carbons (Fsp3) is 0.412. The molecule has 4 rings (SSSR count). The Morgan fingerprint density at radius 3 is 2.88 bits per heavy atom. The third kappa shape index (κ3) is 2.19. The van der Waals surface area contributed by atoms with Crippen molar-refractivity contribution in [2.24, 2.45) is 0 Å². The fourth-order valence-corrected chi connectivity index (χ4v) is 3.71. The van der Waals surface area contributed by atoms with Gasteiger partial charge in [-0.2, -0.15) is 0 Å². The zero-order chi connectivity index (χ0) is 16.8. The van der Waals surface area contributed by atoms with Gasteiger partial charge < -0.3 is 14.6 Å². The number of carbonyl (C=O) groups is 2. The van der Waals surface area contributed by atoms with E-state index in [1.54, 1.807) is 17.6 Å². The van der Waals surface area contributed by atoms with Gasteiger partial charge in [0.25, 0.3) is 5.91 Å². The zero-order valence-electron chi connectivity index (χ0n) is 13.4. The van der Waals surface area contributed by atoms with Crippen LogP contribution in [0.15, 0.2) is 18.2 Å². The Bertz CT molecular complexity index is 842. The minimum absolute atomic E-state index is 0.167. The van der Waals surface area contributed by atoms with Crippen molar-refractivity contribution in [2.75, 3.05) is 0 Å². The summed E-state index contributed by atoms with van der Waals surface area (Å²) in [5.41, 5.74) is 2.89. The molecule has 1 amide bonds. The van der Waals surface area contributed by atoms with E-state index in [1.807, 2.05) is 12.1 Å². The first-order chi connectivity index (χ1) is 11.6. The van der Waals surface area contributed by atoms with Gasteiger partial charge in [0.05, 0.1) is 13.1 Å². The van der Waals surface area contributed by atoms with Crippen molar-refractivity contribution in [1.29, 1.82) is 0 Å². The van der Waals surface area contributed by atoms with Gasteiger partial charge in [-0.15, -0.1) is 10.2 Å². The average Bonchev–Trinajstić information content (AvgIpc) is 3.19. The fourth-order valence-electron chi connectivity index (χ4n) is 3.71. The van der Waals surface area contributed by atoms with Gasteiger partial charge in [0.2, 0.25) is 0 Å². The number of aliphatic carboxylic acids is 1. The predicted octanol–water partition coefficient (Wildman–Crippen LogP) is 1.18. The molecule has 0 spiro atoms. The topological polar surface area (TPSA) is 88.3 Å². The largest absolute Gasteiger partial charge is 0.480 e. The summed E-state index contributed by atoms with van der Waals surface area (Å²) in [6, 6.07) is 4.82. The van der Waals surface area contributed by atoms with Crippen LogP contribution < -0.4 is 0 Å². The Balaban J connectivity index is 1.73. The van der Waals surface area contributed by atoms with E-state index < -0.39 is 12.0 Å². The molecule has 7 nitrogen and oxygen atoms in total. The maximum atomic E-state index is 13.1. The first-order valence-electron chi connectivity index (χ1n) is 8.09. The number of carboxylic acids is 1. The first-order valence-corrected chi connectivity index (χ1v) is 8.09. The summed E-state index contributed by atoms with van der Waals surface area (Å²) in [5, 5.41) is 17.7. The molecule has 0 saturated heterocycles. The highest BCUT2D eigenvalue weighted by Crippen LogP contribution is 2.28. The predicted molar refractivity (Wildman–Crippen MR) is 84.5 cm³/mol.